The zero-order valence-corrected chi connectivity index (χ0v) is 18.8. The summed E-state index contributed by atoms with van der Waals surface area (Å²) in [5, 5.41) is 10.9. The minimum Gasteiger partial charge on any atom is -0.476 e. The van der Waals surface area contributed by atoms with Gasteiger partial charge in [0, 0.05) is 24.5 Å². The van der Waals surface area contributed by atoms with Crippen LogP contribution in [0.3, 0.4) is 0 Å². The number of primary sulfonamides is 1. The van der Waals surface area contributed by atoms with Gasteiger partial charge >= 0.3 is 0 Å². The molecule has 4 rings (SSSR count). The minimum absolute atomic E-state index is 0.0452. The number of likely N-dealkylation sites (N-methyl/N-ethyl adjacent to an activating group) is 1. The zero-order chi connectivity index (χ0) is 24.0. The Balaban J connectivity index is 1.56. The third-order valence-corrected chi connectivity index (χ3v) is 5.84. The minimum atomic E-state index is -3.82. The van der Waals surface area contributed by atoms with E-state index in [2.05, 4.69) is 20.6 Å². The second-order valence-electron chi connectivity index (χ2n) is 7.88. The Bertz CT molecular complexity index is 1350. The molecule has 1 aliphatic rings. The number of rotatable bonds is 5. The normalized spacial score (nSPS) is 14.9. The zero-order valence-electron chi connectivity index (χ0n) is 18.0. The summed E-state index contributed by atoms with van der Waals surface area (Å²) in [6.07, 6.45) is 0. The molecule has 12 heteroatoms. The third-order valence-electron chi connectivity index (χ3n) is 4.91. The molecule has 3 aromatic rings. The highest BCUT2D eigenvalue weighted by molar-refractivity contribution is 7.89. The highest BCUT2D eigenvalue weighted by atomic mass is 32.2. The van der Waals surface area contributed by atoms with Crippen LogP contribution in [-0.2, 0) is 14.8 Å². The van der Waals surface area contributed by atoms with Crippen molar-refractivity contribution >= 4 is 44.8 Å². The van der Waals surface area contributed by atoms with Crippen molar-refractivity contribution in [2.75, 3.05) is 22.6 Å². The molecule has 0 radical (unpaired) electrons. The average Bonchev–Trinajstić information content (AvgIpc) is 2.72. The van der Waals surface area contributed by atoms with Crippen molar-refractivity contribution in [1.82, 2.24) is 9.97 Å². The topological polar surface area (TPSA) is 140 Å². The van der Waals surface area contributed by atoms with Gasteiger partial charge in [-0.1, -0.05) is 0 Å². The maximum absolute atomic E-state index is 14.1. The highest BCUT2D eigenvalue weighted by Gasteiger charge is 2.39. The van der Waals surface area contributed by atoms with Crippen molar-refractivity contribution in [3.63, 3.8) is 0 Å². The fourth-order valence-electron chi connectivity index (χ4n) is 3.32. The van der Waals surface area contributed by atoms with Crippen LogP contribution in [0.25, 0.3) is 0 Å². The number of sulfonamides is 1. The number of hydrogen-bond acceptors (Lipinski definition) is 8. The predicted molar refractivity (Wildman–Crippen MR) is 121 cm³/mol. The van der Waals surface area contributed by atoms with Crippen molar-refractivity contribution in [1.29, 1.82) is 0 Å². The molecule has 172 valence electrons. The first-order valence-electron chi connectivity index (χ1n) is 9.75. The summed E-state index contributed by atoms with van der Waals surface area (Å²) in [6, 6.07) is 11.8. The Morgan fingerprint density at radius 1 is 1.03 bits per heavy atom. The lowest BCUT2D eigenvalue weighted by Gasteiger charge is -2.37. The SMILES string of the molecule is CN1C(=O)C(C)(C)Oc2ccc(Nc3cc(F)nc(Nc4ccc(S(N)(=O)=O)cc4)n3)cc21. The first kappa shape index (κ1) is 22.4. The Morgan fingerprint density at radius 3 is 2.36 bits per heavy atom. The van der Waals surface area contributed by atoms with E-state index < -0.39 is 21.6 Å². The fraction of sp³-hybridized carbons (Fsp3) is 0.190. The molecule has 10 nitrogen and oxygen atoms in total. The number of carbonyl (C=O) groups is 1. The van der Waals surface area contributed by atoms with Gasteiger partial charge in [0.15, 0.2) is 5.60 Å². The molecule has 0 unspecified atom stereocenters. The van der Waals surface area contributed by atoms with E-state index >= 15 is 0 Å². The summed E-state index contributed by atoms with van der Waals surface area (Å²) in [4.78, 5) is 21.9. The summed E-state index contributed by atoms with van der Waals surface area (Å²) < 4.78 is 42.6. The predicted octanol–water partition coefficient (Wildman–Crippen LogP) is 2.88. The van der Waals surface area contributed by atoms with Gasteiger partial charge in [0.25, 0.3) is 5.91 Å². The van der Waals surface area contributed by atoms with Crippen LogP contribution in [0, 0.1) is 5.95 Å². The number of nitrogens with zero attached hydrogens (tertiary/aromatic N) is 3. The van der Waals surface area contributed by atoms with E-state index in [1.165, 1.54) is 29.2 Å². The van der Waals surface area contributed by atoms with E-state index in [0.29, 0.717) is 22.8 Å². The van der Waals surface area contributed by atoms with Crippen molar-refractivity contribution in [3.8, 4) is 5.75 Å². The number of benzene rings is 2. The van der Waals surface area contributed by atoms with Crippen LogP contribution in [0.4, 0.5) is 33.2 Å². The van der Waals surface area contributed by atoms with E-state index in [0.717, 1.165) is 6.07 Å². The third kappa shape index (κ3) is 4.71. The second kappa shape index (κ2) is 7.98. The van der Waals surface area contributed by atoms with E-state index in [-0.39, 0.29) is 22.6 Å². The van der Waals surface area contributed by atoms with E-state index in [1.807, 2.05) is 0 Å². The largest absolute Gasteiger partial charge is 0.476 e. The number of nitrogens with one attached hydrogen (secondary N) is 2. The quantitative estimate of drug-likeness (QED) is 0.482. The Labute approximate surface area is 189 Å². The van der Waals surface area contributed by atoms with Crippen molar-refractivity contribution < 1.29 is 22.3 Å². The van der Waals surface area contributed by atoms with Crippen molar-refractivity contribution in [2.45, 2.75) is 24.3 Å². The monoisotopic (exact) mass is 472 g/mol. The summed E-state index contributed by atoms with van der Waals surface area (Å²) in [6.45, 7) is 3.39. The first-order valence-corrected chi connectivity index (χ1v) is 11.3. The number of hydrogen-bond donors (Lipinski definition) is 3. The lowest BCUT2D eigenvalue weighted by molar-refractivity contribution is -0.132. The van der Waals surface area contributed by atoms with Crippen molar-refractivity contribution in [2.24, 2.45) is 5.14 Å². The molecule has 33 heavy (non-hydrogen) atoms. The maximum atomic E-state index is 14.1. The van der Waals surface area contributed by atoms with Crippen LogP contribution >= 0.6 is 0 Å². The molecular weight excluding hydrogens is 451 g/mol. The molecule has 0 saturated carbocycles. The van der Waals surface area contributed by atoms with Gasteiger partial charge in [0.1, 0.15) is 11.6 Å². The summed E-state index contributed by atoms with van der Waals surface area (Å²) in [7, 11) is -2.17. The molecule has 1 amide bonds. The summed E-state index contributed by atoms with van der Waals surface area (Å²) in [5.41, 5.74) is 0.581. The molecule has 0 saturated heterocycles. The van der Waals surface area contributed by atoms with Gasteiger partial charge in [-0.25, -0.2) is 13.6 Å². The standard InChI is InChI=1S/C21H21FN6O4S/c1-21(2)19(29)28(3)15-10-13(6-9-16(15)32-21)24-18-11-17(22)26-20(27-18)25-12-4-7-14(8-5-12)33(23,30)31/h4-11H,1-3H3,(H2,23,30,31)(H2,24,25,26,27). The Hall–Kier alpha value is -3.77. The van der Waals surface area contributed by atoms with Gasteiger partial charge in [-0.3, -0.25) is 4.79 Å². The maximum Gasteiger partial charge on any atom is 0.270 e. The second-order valence-corrected chi connectivity index (χ2v) is 9.44. The van der Waals surface area contributed by atoms with Crippen LogP contribution in [0.15, 0.2) is 53.4 Å². The first-order chi connectivity index (χ1) is 15.4. The van der Waals surface area contributed by atoms with E-state index in [1.54, 1.807) is 39.1 Å². The fourth-order valence-corrected chi connectivity index (χ4v) is 3.83. The smallest absolute Gasteiger partial charge is 0.270 e. The van der Waals surface area contributed by atoms with Crippen molar-refractivity contribution in [3.05, 3.63) is 54.5 Å². The summed E-state index contributed by atoms with van der Waals surface area (Å²) in [5.74, 6) is -0.313. The molecule has 0 bridgehead atoms. The number of fused-ring (bicyclic) bond motifs is 1. The van der Waals surface area contributed by atoms with Crippen LogP contribution in [0.5, 0.6) is 5.75 Å². The molecule has 1 aliphatic heterocycles. The average molecular weight is 473 g/mol. The van der Waals surface area contributed by atoms with Gasteiger partial charge in [-0.15, -0.1) is 0 Å². The number of carbonyl (C=O) groups excluding carboxylic acids is 1. The Morgan fingerprint density at radius 2 is 1.70 bits per heavy atom. The van der Waals surface area contributed by atoms with Crippen LogP contribution in [0.1, 0.15) is 13.8 Å². The van der Waals surface area contributed by atoms with E-state index in [4.69, 9.17) is 9.88 Å². The molecule has 2 heterocycles. The molecular formula is C21H21FN6O4S. The lowest BCUT2D eigenvalue weighted by atomic mass is 10.0. The number of halogens is 1. The summed E-state index contributed by atoms with van der Waals surface area (Å²) >= 11 is 0. The number of aromatic nitrogens is 2. The van der Waals surface area contributed by atoms with Crippen LogP contribution < -0.4 is 25.4 Å². The number of ether oxygens (including phenoxy) is 1. The van der Waals surface area contributed by atoms with Crippen LogP contribution in [0.2, 0.25) is 0 Å². The number of amides is 1. The van der Waals surface area contributed by atoms with Crippen LogP contribution in [-0.4, -0.2) is 36.9 Å². The van der Waals surface area contributed by atoms with Gasteiger partial charge in [-0.2, -0.15) is 14.4 Å². The Kier molecular flexibility index (Phi) is 5.42. The lowest BCUT2D eigenvalue weighted by Crippen LogP contribution is -2.50. The molecule has 4 N–H and O–H groups in total. The van der Waals surface area contributed by atoms with Gasteiger partial charge in [0.05, 0.1) is 10.6 Å². The van der Waals surface area contributed by atoms with Gasteiger partial charge in [-0.05, 0) is 56.3 Å². The highest BCUT2D eigenvalue weighted by Crippen LogP contribution is 2.39. The molecule has 0 fully saturated rings. The van der Waals surface area contributed by atoms with E-state index in [9.17, 15) is 17.6 Å². The number of nitrogens with two attached hydrogens (primary N) is 1. The molecule has 0 aliphatic carbocycles. The molecule has 2 aromatic carbocycles. The molecule has 0 spiro atoms. The molecule has 1 aromatic heterocycles. The number of anilines is 5. The molecule has 0 atom stereocenters. The van der Waals surface area contributed by atoms with Gasteiger partial charge in [0.2, 0.25) is 21.9 Å². The van der Waals surface area contributed by atoms with Gasteiger partial charge < -0.3 is 20.3 Å².